The first kappa shape index (κ1) is 38.5. The first-order chi connectivity index (χ1) is 29.2. The van der Waals surface area contributed by atoms with Crippen molar-refractivity contribution < 1.29 is 4.42 Å². The Kier molecular flexibility index (Phi) is 10.3. The van der Waals surface area contributed by atoms with Crippen molar-refractivity contribution >= 4 is 54.9 Å². The van der Waals surface area contributed by atoms with Crippen LogP contribution in [0.1, 0.15) is 54.5 Å². The van der Waals surface area contributed by atoms with Crippen molar-refractivity contribution in [2.75, 3.05) is 0 Å². The lowest BCUT2D eigenvalue weighted by atomic mass is 9.82. The number of fused-ring (bicyclic) bond motifs is 9. The van der Waals surface area contributed by atoms with Crippen molar-refractivity contribution in [3.63, 3.8) is 0 Å². The summed E-state index contributed by atoms with van der Waals surface area (Å²) in [5.41, 5.74) is 27.3. The van der Waals surface area contributed by atoms with Gasteiger partial charge in [-0.1, -0.05) is 171 Å². The van der Waals surface area contributed by atoms with Gasteiger partial charge in [0, 0.05) is 22.7 Å². The van der Waals surface area contributed by atoms with Crippen molar-refractivity contribution in [1.29, 1.82) is 5.41 Å². The topological polar surface area (TPSA) is 89.0 Å². The predicted octanol–water partition coefficient (Wildman–Crippen LogP) is 14.0. The number of rotatable bonds is 4. The molecule has 0 radical (unpaired) electrons. The van der Waals surface area contributed by atoms with Gasteiger partial charge in [-0.2, -0.15) is 0 Å². The van der Waals surface area contributed by atoms with Gasteiger partial charge in [-0.25, -0.2) is 0 Å². The van der Waals surface area contributed by atoms with Gasteiger partial charge < -0.3 is 15.9 Å². The molecule has 0 bridgehead atoms. The molecule has 11 rings (SSSR count). The largest absolute Gasteiger partial charge is 0.456 e. The number of aryl methyl sites for hydroxylation is 1. The van der Waals surface area contributed by atoms with E-state index in [-0.39, 0.29) is 11.3 Å². The summed E-state index contributed by atoms with van der Waals surface area (Å²) in [5.74, 6) is 0.158. The summed E-state index contributed by atoms with van der Waals surface area (Å²) in [6.07, 6.45) is 5.72. The van der Waals surface area contributed by atoms with E-state index in [4.69, 9.17) is 21.3 Å². The average molecular weight is 780 g/mol. The van der Waals surface area contributed by atoms with Crippen LogP contribution in [0.4, 0.5) is 0 Å². The molecule has 0 saturated heterocycles. The second-order valence-electron chi connectivity index (χ2n) is 16.4. The Bertz CT molecular complexity index is 3150. The highest BCUT2D eigenvalue weighted by molar-refractivity contribution is 6.12. The second kappa shape index (κ2) is 16.0. The molecule has 5 N–H and O–H groups in total. The SMILES string of the molecule is CC1(C)c2ccccc2-c2c(CN)cccc21.Cc1ccccc1.N=C(N)C1=CC=C(c2cccc3oc4ccc(-c5ccc6c(ccc7ccccc76)c5)cc4c23)CC1. The van der Waals surface area contributed by atoms with Gasteiger partial charge >= 0.3 is 0 Å². The van der Waals surface area contributed by atoms with Gasteiger partial charge in [0.25, 0.3) is 0 Å². The number of allylic oxidation sites excluding steroid dienone is 3. The first-order valence-corrected chi connectivity index (χ1v) is 20.8. The van der Waals surface area contributed by atoms with Crippen LogP contribution in [0.25, 0.3) is 71.3 Å². The normalized spacial score (nSPS) is 13.7. The number of furan rings is 1. The molecule has 0 aliphatic heterocycles. The second-order valence-corrected chi connectivity index (χ2v) is 16.4. The molecule has 8 aromatic carbocycles. The lowest BCUT2D eigenvalue weighted by Crippen LogP contribution is -2.15. The molecule has 0 saturated carbocycles. The van der Waals surface area contributed by atoms with Crippen LogP contribution in [0.5, 0.6) is 0 Å². The molecule has 0 spiro atoms. The Balaban J connectivity index is 0.000000158. The van der Waals surface area contributed by atoms with Gasteiger partial charge in [0.05, 0.1) is 0 Å². The first-order valence-electron chi connectivity index (χ1n) is 20.8. The number of nitrogens with two attached hydrogens (primary N) is 2. The van der Waals surface area contributed by atoms with Crippen LogP contribution in [0.2, 0.25) is 0 Å². The van der Waals surface area contributed by atoms with Crippen LogP contribution in [0, 0.1) is 12.3 Å². The molecule has 0 unspecified atom stereocenters. The van der Waals surface area contributed by atoms with Gasteiger partial charge in [0.1, 0.15) is 17.0 Å². The molecule has 4 nitrogen and oxygen atoms in total. The Morgan fingerprint density at radius 1 is 0.600 bits per heavy atom. The molecule has 0 amide bonds. The highest BCUT2D eigenvalue weighted by Gasteiger charge is 2.35. The van der Waals surface area contributed by atoms with Crippen LogP contribution < -0.4 is 11.5 Å². The van der Waals surface area contributed by atoms with Crippen molar-refractivity contribution in [3.8, 4) is 22.3 Å². The quantitative estimate of drug-likeness (QED) is 0.0944. The van der Waals surface area contributed by atoms with Gasteiger partial charge in [-0.05, 0) is 121 Å². The fourth-order valence-electron chi connectivity index (χ4n) is 9.09. The molecule has 60 heavy (non-hydrogen) atoms. The van der Waals surface area contributed by atoms with Crippen LogP contribution in [-0.2, 0) is 12.0 Å². The lowest BCUT2D eigenvalue weighted by molar-refractivity contribution is 0.660. The molecule has 1 aromatic heterocycles. The molecule has 9 aromatic rings. The zero-order chi connectivity index (χ0) is 41.4. The minimum Gasteiger partial charge on any atom is -0.456 e. The van der Waals surface area contributed by atoms with Crippen molar-refractivity contribution in [2.24, 2.45) is 11.5 Å². The van der Waals surface area contributed by atoms with Gasteiger partial charge in [-0.3, -0.25) is 5.41 Å². The minimum atomic E-state index is 0.0944. The van der Waals surface area contributed by atoms with Gasteiger partial charge in [-0.15, -0.1) is 0 Å². The minimum absolute atomic E-state index is 0.0944. The summed E-state index contributed by atoms with van der Waals surface area (Å²) in [6.45, 7) is 7.27. The van der Waals surface area contributed by atoms with E-state index >= 15 is 0 Å². The van der Waals surface area contributed by atoms with Crippen LogP contribution in [0.3, 0.4) is 0 Å². The number of benzene rings is 8. The highest BCUT2D eigenvalue weighted by atomic mass is 16.3. The summed E-state index contributed by atoms with van der Waals surface area (Å²) < 4.78 is 6.26. The van der Waals surface area contributed by atoms with E-state index in [1.807, 2.05) is 30.3 Å². The van der Waals surface area contributed by atoms with Crippen molar-refractivity contribution in [1.82, 2.24) is 0 Å². The molecule has 2 aliphatic rings. The Morgan fingerprint density at radius 2 is 1.28 bits per heavy atom. The van der Waals surface area contributed by atoms with E-state index in [2.05, 4.69) is 166 Å². The van der Waals surface area contributed by atoms with Crippen LogP contribution in [-0.4, -0.2) is 5.84 Å². The highest BCUT2D eigenvalue weighted by Crippen LogP contribution is 2.49. The fraction of sp³-hybridized carbons (Fsp3) is 0.125. The number of hydrogen-bond donors (Lipinski definition) is 3. The monoisotopic (exact) mass is 779 g/mol. The van der Waals surface area contributed by atoms with E-state index in [0.717, 1.165) is 40.4 Å². The third kappa shape index (κ3) is 7.10. The number of hydrogen-bond acceptors (Lipinski definition) is 3. The summed E-state index contributed by atoms with van der Waals surface area (Å²) in [6, 6.07) is 57.9. The molecule has 1 heterocycles. The number of nitrogens with one attached hydrogen (secondary N) is 1. The van der Waals surface area contributed by atoms with E-state index in [0.29, 0.717) is 6.54 Å². The third-order valence-electron chi connectivity index (χ3n) is 12.3. The van der Waals surface area contributed by atoms with Crippen LogP contribution >= 0.6 is 0 Å². The summed E-state index contributed by atoms with van der Waals surface area (Å²) >= 11 is 0. The molecule has 0 atom stereocenters. The zero-order valence-electron chi connectivity index (χ0n) is 34.4. The predicted molar refractivity (Wildman–Crippen MR) is 254 cm³/mol. The molecular weight excluding hydrogens is 731 g/mol. The van der Waals surface area contributed by atoms with Crippen molar-refractivity contribution in [3.05, 3.63) is 209 Å². The molecule has 0 fully saturated rings. The van der Waals surface area contributed by atoms with E-state index in [9.17, 15) is 0 Å². The maximum atomic E-state index is 7.73. The molecule has 294 valence electrons. The average Bonchev–Trinajstić information content (AvgIpc) is 3.78. The molecule has 2 aliphatic carbocycles. The van der Waals surface area contributed by atoms with E-state index < -0.39 is 0 Å². The maximum absolute atomic E-state index is 7.73. The summed E-state index contributed by atoms with van der Waals surface area (Å²) in [5, 5.41) is 15.1. The van der Waals surface area contributed by atoms with Gasteiger partial charge in [0.2, 0.25) is 0 Å². The number of amidine groups is 1. The Morgan fingerprint density at radius 3 is 2.05 bits per heavy atom. The van der Waals surface area contributed by atoms with Crippen LogP contribution in [0.15, 0.2) is 186 Å². The van der Waals surface area contributed by atoms with Gasteiger partial charge in [0.15, 0.2) is 0 Å². The summed E-state index contributed by atoms with van der Waals surface area (Å²) in [7, 11) is 0. The smallest absolute Gasteiger partial charge is 0.136 e. The Labute approximate surface area is 352 Å². The molecule has 4 heteroatoms. The third-order valence-corrected chi connectivity index (χ3v) is 12.3. The van der Waals surface area contributed by atoms with Crippen molar-refractivity contribution in [2.45, 2.75) is 45.6 Å². The maximum Gasteiger partial charge on any atom is 0.136 e. The fourth-order valence-corrected chi connectivity index (χ4v) is 9.09. The molecular formula is C56H49N3O. The Hall–Kier alpha value is -7.01. The van der Waals surface area contributed by atoms with E-state index in [1.165, 1.54) is 77.2 Å². The lowest BCUT2D eigenvalue weighted by Gasteiger charge is -2.21. The summed E-state index contributed by atoms with van der Waals surface area (Å²) in [4.78, 5) is 0. The standard InChI is InChI=1S/C33H24N2O.C16H17N.C7H8/c34-33(35)22-11-8-21(9-12-22)28-6-3-7-31-32(28)29-19-24(15-17-30(29)36-31)23-14-16-27-25(18-23)13-10-20-4-1-2-5-26(20)27;1-16(2)13-8-4-3-7-12(13)15-11(10-17)6-5-9-14(15)16;1-7-5-3-2-4-6-7/h1-8,10-11,13-19H,9,12H2,(H3,34,35);3-9H,10,17H2,1-2H3;2-6H,1H3. The van der Waals surface area contributed by atoms with E-state index in [1.54, 1.807) is 0 Å². The zero-order valence-corrected chi connectivity index (χ0v) is 34.4.